The van der Waals surface area contributed by atoms with Gasteiger partial charge in [0.05, 0.1) is 7.11 Å². The van der Waals surface area contributed by atoms with Crippen LogP contribution in [0.5, 0.6) is 0 Å². The molecule has 0 fully saturated rings. The first-order valence-electron chi connectivity index (χ1n) is 11.4. The Bertz CT molecular complexity index is 639. The summed E-state index contributed by atoms with van der Waals surface area (Å²) in [5.74, 6) is -0.161. The minimum atomic E-state index is -0.725. The molecule has 0 atom stereocenters. The summed E-state index contributed by atoms with van der Waals surface area (Å²) in [6, 6.07) is 20.3. The summed E-state index contributed by atoms with van der Waals surface area (Å²) in [4.78, 5) is 13.1. The number of hydrogen-bond donors (Lipinski definition) is 0. The van der Waals surface area contributed by atoms with Gasteiger partial charge in [-0.05, 0) is 17.5 Å². The van der Waals surface area contributed by atoms with Crippen molar-refractivity contribution in [2.75, 3.05) is 7.11 Å². The number of benzene rings is 2. The molecule has 0 aromatic heterocycles. The van der Waals surface area contributed by atoms with Crippen LogP contribution >= 0.6 is 0 Å². The van der Waals surface area contributed by atoms with Crippen molar-refractivity contribution in [3.05, 3.63) is 71.8 Å². The third-order valence-corrected chi connectivity index (χ3v) is 5.97. The zero-order valence-electron chi connectivity index (χ0n) is 18.4. The van der Waals surface area contributed by atoms with Crippen LogP contribution in [0.3, 0.4) is 0 Å². The van der Waals surface area contributed by atoms with Crippen LogP contribution in [0.25, 0.3) is 0 Å². The molecule has 0 bridgehead atoms. The highest BCUT2D eigenvalue weighted by atomic mass is 16.5. The van der Waals surface area contributed by atoms with Crippen LogP contribution in [0.15, 0.2) is 60.7 Å². The highest BCUT2D eigenvalue weighted by Crippen LogP contribution is 2.38. The van der Waals surface area contributed by atoms with Crippen LogP contribution in [0.1, 0.15) is 88.7 Å². The fourth-order valence-electron chi connectivity index (χ4n) is 4.29. The Balaban J connectivity index is 1.99. The van der Waals surface area contributed by atoms with Crippen molar-refractivity contribution in [1.82, 2.24) is 0 Å². The molecule has 2 aromatic carbocycles. The zero-order chi connectivity index (χ0) is 20.8. The molecule has 0 aliphatic heterocycles. The molecular formula is C27H38O2. The first-order chi connectivity index (χ1) is 14.3. The third-order valence-electron chi connectivity index (χ3n) is 5.97. The van der Waals surface area contributed by atoms with Gasteiger partial charge in [0.15, 0.2) is 0 Å². The van der Waals surface area contributed by atoms with Gasteiger partial charge in [0, 0.05) is 0 Å². The predicted octanol–water partition coefficient (Wildman–Crippen LogP) is 7.46. The van der Waals surface area contributed by atoms with Crippen LogP contribution in [-0.2, 0) is 14.9 Å². The van der Waals surface area contributed by atoms with Gasteiger partial charge in [-0.2, -0.15) is 0 Å². The molecule has 2 rings (SSSR count). The average Bonchev–Trinajstić information content (AvgIpc) is 2.78. The number of hydrogen-bond acceptors (Lipinski definition) is 2. The van der Waals surface area contributed by atoms with E-state index < -0.39 is 5.41 Å². The first-order valence-corrected chi connectivity index (χ1v) is 11.4. The Labute approximate surface area is 177 Å². The van der Waals surface area contributed by atoms with Crippen molar-refractivity contribution < 1.29 is 9.53 Å². The average molecular weight is 395 g/mol. The molecule has 0 spiro atoms. The second kappa shape index (κ2) is 13.2. The van der Waals surface area contributed by atoms with Crippen LogP contribution in [0, 0.1) is 0 Å². The maximum Gasteiger partial charge on any atom is 0.320 e. The molecule has 0 saturated carbocycles. The highest BCUT2D eigenvalue weighted by molar-refractivity contribution is 5.87. The third kappa shape index (κ3) is 6.73. The Hall–Kier alpha value is -2.09. The van der Waals surface area contributed by atoms with E-state index in [-0.39, 0.29) is 5.97 Å². The van der Waals surface area contributed by atoms with Crippen molar-refractivity contribution in [2.45, 2.75) is 83.0 Å². The largest absolute Gasteiger partial charge is 0.468 e. The monoisotopic (exact) mass is 394 g/mol. The molecule has 2 aromatic rings. The lowest BCUT2D eigenvalue weighted by Gasteiger charge is -2.32. The molecule has 0 unspecified atom stereocenters. The number of methoxy groups -OCH3 is 1. The van der Waals surface area contributed by atoms with Gasteiger partial charge in [-0.15, -0.1) is 0 Å². The fraction of sp³-hybridized carbons (Fsp3) is 0.519. The maximum absolute atomic E-state index is 13.1. The summed E-state index contributed by atoms with van der Waals surface area (Å²) in [7, 11) is 1.50. The van der Waals surface area contributed by atoms with E-state index in [1.165, 1.54) is 58.5 Å². The number of rotatable bonds is 14. The molecule has 0 amide bonds. The highest BCUT2D eigenvalue weighted by Gasteiger charge is 2.42. The SMILES string of the molecule is CCCCCCCCCCCCC(C(=O)OC)(c1ccccc1)c1ccccc1. The van der Waals surface area contributed by atoms with Gasteiger partial charge in [0.2, 0.25) is 0 Å². The van der Waals surface area contributed by atoms with Crippen molar-refractivity contribution in [3.8, 4) is 0 Å². The van der Waals surface area contributed by atoms with E-state index in [9.17, 15) is 4.79 Å². The molecule has 0 aliphatic carbocycles. The van der Waals surface area contributed by atoms with Gasteiger partial charge in [0.25, 0.3) is 0 Å². The number of unbranched alkanes of at least 4 members (excludes halogenated alkanes) is 9. The van der Waals surface area contributed by atoms with E-state index in [1.54, 1.807) is 0 Å². The molecule has 29 heavy (non-hydrogen) atoms. The minimum Gasteiger partial charge on any atom is -0.468 e. The number of esters is 1. The molecule has 0 heterocycles. The number of carbonyl (C=O) groups excluding carboxylic acids is 1. The predicted molar refractivity (Wildman–Crippen MR) is 122 cm³/mol. The van der Waals surface area contributed by atoms with Gasteiger partial charge < -0.3 is 4.74 Å². The molecule has 0 aliphatic rings. The second-order valence-electron chi connectivity index (χ2n) is 8.06. The van der Waals surface area contributed by atoms with Gasteiger partial charge in [-0.1, -0.05) is 132 Å². The van der Waals surface area contributed by atoms with E-state index >= 15 is 0 Å². The Kier molecular flexibility index (Phi) is 10.5. The Morgan fingerprint density at radius 1 is 0.690 bits per heavy atom. The summed E-state index contributed by atoms with van der Waals surface area (Å²) >= 11 is 0. The summed E-state index contributed by atoms with van der Waals surface area (Å²) in [6.45, 7) is 2.26. The van der Waals surface area contributed by atoms with Gasteiger partial charge >= 0.3 is 5.97 Å². The molecule has 2 heteroatoms. The Morgan fingerprint density at radius 2 is 1.10 bits per heavy atom. The molecule has 158 valence electrons. The molecular weight excluding hydrogens is 356 g/mol. The van der Waals surface area contributed by atoms with Crippen molar-refractivity contribution in [1.29, 1.82) is 0 Å². The fourth-order valence-corrected chi connectivity index (χ4v) is 4.29. The lowest BCUT2D eigenvalue weighted by molar-refractivity contribution is -0.146. The zero-order valence-corrected chi connectivity index (χ0v) is 18.4. The number of ether oxygens (including phenoxy) is 1. The minimum absolute atomic E-state index is 0.161. The van der Waals surface area contributed by atoms with E-state index in [0.717, 1.165) is 30.4 Å². The van der Waals surface area contributed by atoms with E-state index in [2.05, 4.69) is 31.2 Å². The number of carbonyl (C=O) groups is 1. The summed E-state index contributed by atoms with van der Waals surface area (Å²) in [5.41, 5.74) is 1.32. The lowest BCUT2D eigenvalue weighted by Crippen LogP contribution is -2.38. The van der Waals surface area contributed by atoms with E-state index in [4.69, 9.17) is 4.74 Å². The van der Waals surface area contributed by atoms with Gasteiger partial charge in [0.1, 0.15) is 5.41 Å². The summed E-state index contributed by atoms with van der Waals surface area (Å²) in [5, 5.41) is 0. The second-order valence-corrected chi connectivity index (χ2v) is 8.06. The van der Waals surface area contributed by atoms with Crippen LogP contribution < -0.4 is 0 Å². The lowest BCUT2D eigenvalue weighted by atomic mass is 9.71. The Morgan fingerprint density at radius 3 is 1.52 bits per heavy atom. The van der Waals surface area contributed by atoms with Crippen LogP contribution in [0.2, 0.25) is 0 Å². The van der Waals surface area contributed by atoms with Gasteiger partial charge in [-0.3, -0.25) is 4.79 Å². The molecule has 0 N–H and O–H groups in total. The quantitative estimate of drug-likeness (QED) is 0.245. The summed E-state index contributed by atoms with van der Waals surface area (Å²) < 4.78 is 5.33. The standard InChI is InChI=1S/C27H38O2/c1-3-4-5-6-7-8-9-10-11-18-23-27(26(28)29-2,24-19-14-12-15-20-24)25-21-16-13-17-22-25/h12-17,19-22H,3-11,18,23H2,1-2H3. The van der Waals surface area contributed by atoms with E-state index in [0.29, 0.717) is 0 Å². The summed E-state index contributed by atoms with van der Waals surface area (Å²) in [6.07, 6.45) is 13.6. The molecule has 0 saturated heterocycles. The van der Waals surface area contributed by atoms with Gasteiger partial charge in [-0.25, -0.2) is 0 Å². The maximum atomic E-state index is 13.1. The van der Waals surface area contributed by atoms with Crippen LogP contribution in [0.4, 0.5) is 0 Å². The molecule has 2 nitrogen and oxygen atoms in total. The van der Waals surface area contributed by atoms with Crippen molar-refractivity contribution >= 4 is 5.97 Å². The van der Waals surface area contributed by atoms with Crippen LogP contribution in [-0.4, -0.2) is 13.1 Å². The smallest absolute Gasteiger partial charge is 0.320 e. The normalized spacial score (nSPS) is 11.4. The first kappa shape index (κ1) is 23.2. The molecule has 0 radical (unpaired) electrons. The van der Waals surface area contributed by atoms with E-state index in [1.807, 2.05) is 36.4 Å². The van der Waals surface area contributed by atoms with Crippen molar-refractivity contribution in [2.24, 2.45) is 0 Å². The topological polar surface area (TPSA) is 26.3 Å². The van der Waals surface area contributed by atoms with Crippen molar-refractivity contribution in [3.63, 3.8) is 0 Å².